The molecule has 0 aromatic carbocycles. The highest BCUT2D eigenvalue weighted by atomic mass is 127. The lowest BCUT2D eigenvalue weighted by atomic mass is 10.5. The SMILES string of the molecule is Fc1nccc(I)c1Cl. The van der Waals surface area contributed by atoms with Gasteiger partial charge in [-0.15, -0.1) is 0 Å². The van der Waals surface area contributed by atoms with Crippen molar-refractivity contribution in [2.24, 2.45) is 0 Å². The monoisotopic (exact) mass is 257 g/mol. The van der Waals surface area contributed by atoms with Crippen molar-refractivity contribution in [3.05, 3.63) is 26.8 Å². The molecule has 0 saturated carbocycles. The second kappa shape index (κ2) is 2.79. The molecular formula is C5H2ClFIN. The second-order valence-corrected chi connectivity index (χ2v) is 2.94. The maximum Gasteiger partial charge on any atom is 0.232 e. The van der Waals surface area contributed by atoms with Gasteiger partial charge in [-0.25, -0.2) is 4.98 Å². The van der Waals surface area contributed by atoms with Crippen molar-refractivity contribution in [2.45, 2.75) is 0 Å². The van der Waals surface area contributed by atoms with Gasteiger partial charge >= 0.3 is 0 Å². The Labute approximate surface area is 70.4 Å². The van der Waals surface area contributed by atoms with E-state index in [1.807, 2.05) is 22.6 Å². The van der Waals surface area contributed by atoms with Gasteiger partial charge in [-0.2, -0.15) is 4.39 Å². The van der Waals surface area contributed by atoms with Gasteiger partial charge in [-0.05, 0) is 28.7 Å². The van der Waals surface area contributed by atoms with E-state index < -0.39 is 5.95 Å². The maximum atomic E-state index is 12.3. The summed E-state index contributed by atoms with van der Waals surface area (Å²) in [5, 5.41) is 0.0955. The molecule has 1 heterocycles. The van der Waals surface area contributed by atoms with Crippen molar-refractivity contribution in [3.8, 4) is 0 Å². The lowest BCUT2D eigenvalue weighted by Crippen LogP contribution is -1.84. The van der Waals surface area contributed by atoms with E-state index in [1.54, 1.807) is 6.07 Å². The zero-order valence-electron chi connectivity index (χ0n) is 4.24. The fourth-order valence-electron chi connectivity index (χ4n) is 0.397. The molecule has 0 fully saturated rings. The van der Waals surface area contributed by atoms with Crippen LogP contribution >= 0.6 is 34.2 Å². The van der Waals surface area contributed by atoms with Crippen molar-refractivity contribution in [1.29, 1.82) is 0 Å². The van der Waals surface area contributed by atoms with Gasteiger partial charge < -0.3 is 0 Å². The van der Waals surface area contributed by atoms with E-state index in [9.17, 15) is 4.39 Å². The number of hydrogen-bond donors (Lipinski definition) is 0. The molecule has 0 N–H and O–H groups in total. The first kappa shape index (κ1) is 7.21. The van der Waals surface area contributed by atoms with Crippen molar-refractivity contribution in [2.75, 3.05) is 0 Å². The zero-order chi connectivity index (χ0) is 6.85. The van der Waals surface area contributed by atoms with Gasteiger partial charge in [-0.3, -0.25) is 0 Å². The van der Waals surface area contributed by atoms with E-state index in [4.69, 9.17) is 11.6 Å². The van der Waals surface area contributed by atoms with E-state index in [-0.39, 0.29) is 5.02 Å². The summed E-state index contributed by atoms with van der Waals surface area (Å²) in [4.78, 5) is 3.34. The van der Waals surface area contributed by atoms with Crippen LogP contribution in [-0.4, -0.2) is 4.98 Å². The fraction of sp³-hybridized carbons (Fsp3) is 0. The molecule has 9 heavy (non-hydrogen) atoms. The molecule has 0 amide bonds. The molecule has 1 aromatic heterocycles. The second-order valence-electron chi connectivity index (χ2n) is 1.40. The Hall–Kier alpha value is 0.1000. The van der Waals surface area contributed by atoms with Crippen LogP contribution in [0.15, 0.2) is 12.3 Å². The summed E-state index contributed by atoms with van der Waals surface area (Å²) in [7, 11) is 0. The van der Waals surface area contributed by atoms with Gasteiger partial charge in [0.25, 0.3) is 0 Å². The molecule has 0 atom stereocenters. The third-order valence-corrected chi connectivity index (χ3v) is 2.38. The standard InChI is InChI=1S/C5H2ClFIN/c6-4-3(8)1-2-9-5(4)7/h1-2H. The average molecular weight is 257 g/mol. The Kier molecular flexibility index (Phi) is 2.23. The van der Waals surface area contributed by atoms with E-state index in [0.717, 1.165) is 0 Å². The Bertz CT molecular complexity index is 208. The van der Waals surface area contributed by atoms with Gasteiger partial charge in [0, 0.05) is 9.77 Å². The minimum Gasteiger partial charge on any atom is -0.227 e. The maximum absolute atomic E-state index is 12.3. The molecule has 0 aliphatic carbocycles. The first-order valence-corrected chi connectivity index (χ1v) is 3.63. The first-order chi connectivity index (χ1) is 4.22. The van der Waals surface area contributed by atoms with Crippen LogP contribution in [0.2, 0.25) is 5.02 Å². The summed E-state index contributed by atoms with van der Waals surface area (Å²) in [5.74, 6) is -0.608. The van der Waals surface area contributed by atoms with Crippen LogP contribution in [0.4, 0.5) is 4.39 Å². The lowest BCUT2D eigenvalue weighted by Gasteiger charge is -1.92. The number of halogens is 3. The summed E-state index contributed by atoms with van der Waals surface area (Å²) in [6, 6.07) is 1.64. The molecule has 0 bridgehead atoms. The summed E-state index contributed by atoms with van der Waals surface area (Å²) in [5.41, 5.74) is 0. The highest BCUT2D eigenvalue weighted by molar-refractivity contribution is 14.1. The van der Waals surface area contributed by atoms with Crippen molar-refractivity contribution in [1.82, 2.24) is 4.98 Å². The fourth-order valence-corrected chi connectivity index (χ4v) is 0.892. The van der Waals surface area contributed by atoms with Gasteiger partial charge in [0.15, 0.2) is 0 Å². The van der Waals surface area contributed by atoms with Crippen LogP contribution in [0.3, 0.4) is 0 Å². The van der Waals surface area contributed by atoms with Crippen molar-refractivity contribution < 1.29 is 4.39 Å². The van der Waals surface area contributed by atoms with Crippen molar-refractivity contribution in [3.63, 3.8) is 0 Å². The number of rotatable bonds is 0. The normalized spacial score (nSPS) is 9.67. The lowest BCUT2D eigenvalue weighted by molar-refractivity contribution is 0.583. The highest BCUT2D eigenvalue weighted by Gasteiger charge is 2.01. The Balaban J connectivity index is 3.25. The van der Waals surface area contributed by atoms with Gasteiger partial charge in [0.2, 0.25) is 5.95 Å². The molecule has 0 saturated heterocycles. The van der Waals surface area contributed by atoms with Crippen LogP contribution in [0, 0.1) is 9.52 Å². The molecule has 48 valence electrons. The smallest absolute Gasteiger partial charge is 0.227 e. The van der Waals surface area contributed by atoms with Crippen LogP contribution in [0.25, 0.3) is 0 Å². The Morgan fingerprint density at radius 3 is 2.78 bits per heavy atom. The van der Waals surface area contributed by atoms with Crippen LogP contribution in [-0.2, 0) is 0 Å². The van der Waals surface area contributed by atoms with Crippen LogP contribution < -0.4 is 0 Å². The largest absolute Gasteiger partial charge is 0.232 e. The van der Waals surface area contributed by atoms with Gasteiger partial charge in [0.1, 0.15) is 5.02 Å². The summed E-state index contributed by atoms with van der Waals surface area (Å²) >= 11 is 7.37. The Morgan fingerprint density at radius 2 is 2.33 bits per heavy atom. The average Bonchev–Trinajstić information content (AvgIpc) is 1.83. The predicted molar refractivity (Wildman–Crippen MR) is 41.9 cm³/mol. The van der Waals surface area contributed by atoms with Crippen LogP contribution in [0.5, 0.6) is 0 Å². The predicted octanol–water partition coefficient (Wildman–Crippen LogP) is 2.48. The van der Waals surface area contributed by atoms with Gasteiger partial charge in [-0.1, -0.05) is 11.6 Å². The molecule has 0 radical (unpaired) electrons. The summed E-state index contributed by atoms with van der Waals surface area (Å²) in [6.45, 7) is 0. The number of nitrogens with zero attached hydrogens (tertiary/aromatic N) is 1. The molecule has 1 rings (SSSR count). The third kappa shape index (κ3) is 1.52. The molecular weight excluding hydrogens is 255 g/mol. The topological polar surface area (TPSA) is 12.9 Å². The molecule has 1 nitrogen and oxygen atoms in total. The molecule has 0 aliphatic rings. The first-order valence-electron chi connectivity index (χ1n) is 2.17. The van der Waals surface area contributed by atoms with E-state index in [0.29, 0.717) is 3.57 Å². The Morgan fingerprint density at radius 1 is 1.67 bits per heavy atom. The van der Waals surface area contributed by atoms with Gasteiger partial charge in [0.05, 0.1) is 0 Å². The van der Waals surface area contributed by atoms with E-state index in [1.165, 1.54) is 6.20 Å². The summed E-state index contributed by atoms with van der Waals surface area (Å²) in [6.07, 6.45) is 1.38. The number of hydrogen-bond acceptors (Lipinski definition) is 1. The molecule has 4 heteroatoms. The van der Waals surface area contributed by atoms with Crippen molar-refractivity contribution >= 4 is 34.2 Å². The minimum absolute atomic E-state index is 0.0955. The minimum atomic E-state index is -0.608. The van der Waals surface area contributed by atoms with E-state index >= 15 is 0 Å². The molecule has 0 unspecified atom stereocenters. The number of aromatic nitrogens is 1. The summed E-state index contributed by atoms with van der Waals surface area (Å²) < 4.78 is 13.0. The molecule has 1 aromatic rings. The highest BCUT2D eigenvalue weighted by Crippen LogP contribution is 2.18. The van der Waals surface area contributed by atoms with E-state index in [2.05, 4.69) is 4.98 Å². The zero-order valence-corrected chi connectivity index (χ0v) is 7.15. The van der Waals surface area contributed by atoms with Crippen LogP contribution in [0.1, 0.15) is 0 Å². The quantitative estimate of drug-likeness (QED) is 0.514. The third-order valence-electron chi connectivity index (χ3n) is 0.800. The molecule has 0 spiro atoms. The number of pyridine rings is 1. The molecule has 0 aliphatic heterocycles.